The summed E-state index contributed by atoms with van der Waals surface area (Å²) in [5, 5.41) is 8.86. The average molecular weight is 217 g/mol. The van der Waals surface area contributed by atoms with E-state index in [1.54, 1.807) is 0 Å². The number of carboxylic acid groups (broad SMARTS) is 1. The second kappa shape index (κ2) is 4.11. The van der Waals surface area contributed by atoms with Crippen molar-refractivity contribution in [2.45, 2.75) is 24.1 Å². The predicted molar refractivity (Wildman–Crippen MR) is 54.9 cm³/mol. The van der Waals surface area contributed by atoms with Gasteiger partial charge in [0.2, 0.25) is 0 Å². The molecule has 0 fully saturated rings. The molecule has 0 bridgehead atoms. The Bertz CT molecular complexity index is 320. The van der Waals surface area contributed by atoms with E-state index in [1.807, 2.05) is 20.1 Å². The van der Waals surface area contributed by atoms with E-state index in [-0.39, 0.29) is 11.6 Å². The number of rotatable bonds is 3. The highest BCUT2D eigenvalue weighted by Gasteiger charge is 2.18. The summed E-state index contributed by atoms with van der Waals surface area (Å²) in [6.07, 6.45) is 1.90. The molecule has 1 N–H and O–H groups in total. The molecule has 1 aromatic rings. The molecule has 0 aliphatic rings. The Hall–Kier alpha value is -0.550. The Morgan fingerprint density at radius 1 is 1.62 bits per heavy atom. The lowest BCUT2D eigenvalue weighted by Gasteiger charge is -1.99. The van der Waals surface area contributed by atoms with E-state index in [4.69, 9.17) is 5.11 Å². The highest BCUT2D eigenvalue weighted by molar-refractivity contribution is 8.00. The summed E-state index contributed by atoms with van der Waals surface area (Å²) in [5.74, 6) is -0.704. The van der Waals surface area contributed by atoms with Gasteiger partial charge < -0.3 is 5.11 Å². The number of aromatic nitrogens is 1. The van der Waals surface area contributed by atoms with Gasteiger partial charge >= 0.3 is 5.97 Å². The van der Waals surface area contributed by atoms with Gasteiger partial charge in [0.15, 0.2) is 10.0 Å². The highest BCUT2D eigenvalue weighted by Crippen LogP contribution is 2.31. The van der Waals surface area contributed by atoms with Crippen LogP contribution in [0, 0.1) is 0 Å². The van der Waals surface area contributed by atoms with Gasteiger partial charge in [0.1, 0.15) is 0 Å². The first-order valence-corrected chi connectivity index (χ1v) is 5.88. The molecule has 0 saturated heterocycles. The maximum Gasteiger partial charge on any atom is 0.355 e. The largest absolute Gasteiger partial charge is 0.476 e. The van der Waals surface area contributed by atoms with Crippen molar-refractivity contribution in [3.05, 3.63) is 10.6 Å². The Morgan fingerprint density at radius 2 is 2.23 bits per heavy atom. The van der Waals surface area contributed by atoms with E-state index < -0.39 is 5.97 Å². The van der Waals surface area contributed by atoms with E-state index in [0.29, 0.717) is 0 Å². The molecule has 72 valence electrons. The standard InChI is InChI=1S/C8H11NO2S2/c1-4(2)6-5(7(10)11)9-8(12-3)13-6/h4H,1-3H3,(H,10,11). The van der Waals surface area contributed by atoms with Gasteiger partial charge in [0, 0.05) is 4.88 Å². The number of carboxylic acids is 1. The summed E-state index contributed by atoms with van der Waals surface area (Å²) >= 11 is 2.95. The number of aromatic carboxylic acids is 1. The summed E-state index contributed by atoms with van der Waals surface area (Å²) in [4.78, 5) is 15.7. The Morgan fingerprint density at radius 3 is 2.54 bits per heavy atom. The minimum Gasteiger partial charge on any atom is -0.476 e. The molecule has 5 heteroatoms. The van der Waals surface area contributed by atoms with Crippen LogP contribution < -0.4 is 0 Å². The minimum atomic E-state index is -0.930. The van der Waals surface area contributed by atoms with Crippen LogP contribution in [0.3, 0.4) is 0 Å². The van der Waals surface area contributed by atoms with E-state index >= 15 is 0 Å². The van der Waals surface area contributed by atoms with Crippen molar-refractivity contribution < 1.29 is 9.90 Å². The lowest BCUT2D eigenvalue weighted by molar-refractivity contribution is 0.0689. The van der Waals surface area contributed by atoms with Crippen LogP contribution in [0.25, 0.3) is 0 Å². The molecule has 0 aromatic carbocycles. The third-order valence-electron chi connectivity index (χ3n) is 1.54. The normalized spacial score (nSPS) is 10.8. The molecular formula is C8H11NO2S2. The SMILES string of the molecule is CSc1nc(C(=O)O)c(C(C)C)s1. The number of hydrogen-bond donors (Lipinski definition) is 1. The van der Waals surface area contributed by atoms with Crippen LogP contribution in [0.1, 0.15) is 35.1 Å². The Balaban J connectivity index is 3.15. The highest BCUT2D eigenvalue weighted by atomic mass is 32.2. The van der Waals surface area contributed by atoms with Crippen molar-refractivity contribution in [3.63, 3.8) is 0 Å². The lowest BCUT2D eigenvalue weighted by Crippen LogP contribution is -2.01. The molecule has 0 aliphatic heterocycles. The molecule has 0 unspecified atom stereocenters. The summed E-state index contributed by atoms with van der Waals surface area (Å²) < 4.78 is 0.820. The van der Waals surface area contributed by atoms with Crippen LogP contribution in [0.4, 0.5) is 0 Å². The van der Waals surface area contributed by atoms with Crippen molar-refractivity contribution in [1.29, 1.82) is 0 Å². The number of thiazole rings is 1. The van der Waals surface area contributed by atoms with Gasteiger partial charge in [-0.25, -0.2) is 9.78 Å². The molecule has 0 atom stereocenters. The van der Waals surface area contributed by atoms with Crippen LogP contribution in [0.2, 0.25) is 0 Å². The Kier molecular flexibility index (Phi) is 3.33. The third kappa shape index (κ3) is 2.22. The van der Waals surface area contributed by atoms with Crippen LogP contribution in [-0.4, -0.2) is 22.3 Å². The minimum absolute atomic E-state index is 0.212. The maximum absolute atomic E-state index is 10.8. The zero-order valence-corrected chi connectivity index (χ0v) is 9.33. The first-order valence-electron chi connectivity index (χ1n) is 3.84. The molecule has 0 radical (unpaired) electrons. The number of hydrogen-bond acceptors (Lipinski definition) is 4. The van der Waals surface area contributed by atoms with Gasteiger partial charge in [0.25, 0.3) is 0 Å². The molecule has 0 amide bonds. The molecule has 0 saturated carbocycles. The Labute approximate surface area is 85.2 Å². The molecule has 0 spiro atoms. The van der Waals surface area contributed by atoms with Gasteiger partial charge in [0.05, 0.1) is 0 Å². The van der Waals surface area contributed by atoms with Crippen LogP contribution in [-0.2, 0) is 0 Å². The molecular weight excluding hydrogens is 206 g/mol. The van der Waals surface area contributed by atoms with Crippen molar-refractivity contribution >= 4 is 29.1 Å². The fourth-order valence-electron chi connectivity index (χ4n) is 0.943. The topological polar surface area (TPSA) is 50.2 Å². The van der Waals surface area contributed by atoms with Gasteiger partial charge in [-0.1, -0.05) is 25.6 Å². The summed E-state index contributed by atoms with van der Waals surface area (Å²) in [7, 11) is 0. The van der Waals surface area contributed by atoms with Gasteiger partial charge in [-0.3, -0.25) is 0 Å². The zero-order valence-electron chi connectivity index (χ0n) is 7.70. The predicted octanol–water partition coefficient (Wildman–Crippen LogP) is 2.69. The first kappa shape index (κ1) is 10.5. The van der Waals surface area contributed by atoms with E-state index in [1.165, 1.54) is 23.1 Å². The second-order valence-electron chi connectivity index (χ2n) is 2.86. The lowest BCUT2D eigenvalue weighted by atomic mass is 10.1. The van der Waals surface area contributed by atoms with Crippen LogP contribution in [0.15, 0.2) is 4.34 Å². The quantitative estimate of drug-likeness (QED) is 0.791. The number of carbonyl (C=O) groups is 1. The first-order chi connectivity index (χ1) is 6.06. The van der Waals surface area contributed by atoms with Gasteiger partial charge in [-0.15, -0.1) is 11.3 Å². The fourth-order valence-corrected chi connectivity index (χ4v) is 2.52. The average Bonchev–Trinajstić information content (AvgIpc) is 2.47. The van der Waals surface area contributed by atoms with Crippen LogP contribution >= 0.6 is 23.1 Å². The van der Waals surface area contributed by atoms with Crippen molar-refractivity contribution in [1.82, 2.24) is 4.98 Å². The number of nitrogens with zero attached hydrogens (tertiary/aromatic N) is 1. The number of thioether (sulfide) groups is 1. The van der Waals surface area contributed by atoms with Gasteiger partial charge in [-0.05, 0) is 12.2 Å². The smallest absolute Gasteiger partial charge is 0.355 e. The second-order valence-corrected chi connectivity index (χ2v) is 4.94. The monoisotopic (exact) mass is 217 g/mol. The van der Waals surface area contributed by atoms with Crippen molar-refractivity contribution in [3.8, 4) is 0 Å². The van der Waals surface area contributed by atoms with E-state index in [9.17, 15) is 4.79 Å². The van der Waals surface area contributed by atoms with Crippen molar-refractivity contribution in [2.75, 3.05) is 6.26 Å². The van der Waals surface area contributed by atoms with E-state index in [2.05, 4.69) is 4.98 Å². The van der Waals surface area contributed by atoms with E-state index in [0.717, 1.165) is 9.22 Å². The maximum atomic E-state index is 10.8. The molecule has 0 aliphatic carbocycles. The molecule has 13 heavy (non-hydrogen) atoms. The molecule has 1 heterocycles. The molecule has 1 aromatic heterocycles. The van der Waals surface area contributed by atoms with Crippen molar-refractivity contribution in [2.24, 2.45) is 0 Å². The fraction of sp³-hybridized carbons (Fsp3) is 0.500. The molecule has 1 rings (SSSR count). The summed E-state index contributed by atoms with van der Waals surface area (Å²) in [6, 6.07) is 0. The van der Waals surface area contributed by atoms with Gasteiger partial charge in [-0.2, -0.15) is 0 Å². The summed E-state index contributed by atoms with van der Waals surface area (Å²) in [5.41, 5.74) is 0.212. The van der Waals surface area contributed by atoms with Crippen LogP contribution in [0.5, 0.6) is 0 Å². The third-order valence-corrected chi connectivity index (χ3v) is 3.88. The zero-order chi connectivity index (χ0) is 10.0. The molecule has 3 nitrogen and oxygen atoms in total. The summed E-state index contributed by atoms with van der Waals surface area (Å²) in [6.45, 7) is 3.95.